The first-order valence-electron chi connectivity index (χ1n) is 10.0. The van der Waals surface area contributed by atoms with Crippen LogP contribution in [0.3, 0.4) is 0 Å². The van der Waals surface area contributed by atoms with Gasteiger partial charge in [-0.05, 0) is 70.8 Å². The molecule has 2 nitrogen and oxygen atoms in total. The van der Waals surface area contributed by atoms with Crippen molar-refractivity contribution in [1.29, 1.82) is 0 Å². The molecule has 0 saturated carbocycles. The van der Waals surface area contributed by atoms with Gasteiger partial charge in [-0.15, -0.1) is 0 Å². The average Bonchev–Trinajstić information content (AvgIpc) is 2.72. The monoisotopic (exact) mass is 372 g/mol. The van der Waals surface area contributed by atoms with Gasteiger partial charge in [0.05, 0.1) is 0 Å². The van der Waals surface area contributed by atoms with E-state index in [0.29, 0.717) is 0 Å². The van der Waals surface area contributed by atoms with Crippen molar-refractivity contribution in [2.45, 2.75) is 45.4 Å². The molecule has 0 aliphatic rings. The summed E-state index contributed by atoms with van der Waals surface area (Å²) >= 11 is 0. The molecule has 3 rings (SSSR count). The number of hydrogen-bond donors (Lipinski definition) is 2. The number of phenolic OH excluding ortho intramolecular Hbond substituents is 2. The molecule has 144 valence electrons. The fourth-order valence-electron chi connectivity index (χ4n) is 3.57. The highest BCUT2D eigenvalue weighted by molar-refractivity contribution is 5.86. The first-order chi connectivity index (χ1) is 13.6. The van der Waals surface area contributed by atoms with Crippen molar-refractivity contribution in [3.05, 3.63) is 78.7 Å². The molecule has 2 radical (unpaired) electrons. The van der Waals surface area contributed by atoms with Crippen LogP contribution >= 0.6 is 0 Å². The molecule has 3 aromatic rings. The van der Waals surface area contributed by atoms with Gasteiger partial charge in [-0.2, -0.15) is 0 Å². The minimum Gasteiger partial charge on any atom is -0.508 e. The standard InChI is InChI=1S/C26H28O2/c1-3-4-5-6-8-19(2)24-9-7-10-25(20-11-15-22(27)16-12-20)26(24)21-13-17-23(28)18-14-21/h7,9-19,27-28H,3-6H2,1-2H3. The van der Waals surface area contributed by atoms with E-state index in [2.05, 4.69) is 38.5 Å². The van der Waals surface area contributed by atoms with Crippen LogP contribution in [0.2, 0.25) is 0 Å². The van der Waals surface area contributed by atoms with Gasteiger partial charge < -0.3 is 10.2 Å². The molecular formula is C26H28O2. The second-order valence-corrected chi connectivity index (χ2v) is 7.25. The fraction of sp³-hybridized carbons (Fsp3) is 0.269. The van der Waals surface area contributed by atoms with Gasteiger partial charge in [0.1, 0.15) is 11.5 Å². The number of phenols is 2. The summed E-state index contributed by atoms with van der Waals surface area (Å²) in [7, 11) is 0. The Morgan fingerprint density at radius 1 is 0.786 bits per heavy atom. The third kappa shape index (κ3) is 4.75. The van der Waals surface area contributed by atoms with Crippen molar-refractivity contribution < 1.29 is 10.2 Å². The van der Waals surface area contributed by atoms with Gasteiger partial charge >= 0.3 is 0 Å². The van der Waals surface area contributed by atoms with E-state index in [-0.39, 0.29) is 17.4 Å². The zero-order chi connectivity index (χ0) is 19.9. The van der Waals surface area contributed by atoms with Crippen molar-refractivity contribution >= 4 is 0 Å². The first kappa shape index (κ1) is 20.0. The molecule has 0 fully saturated rings. The third-order valence-corrected chi connectivity index (χ3v) is 5.13. The molecule has 0 heterocycles. The molecule has 0 bridgehead atoms. The van der Waals surface area contributed by atoms with Gasteiger partial charge in [0.15, 0.2) is 0 Å². The Morgan fingerprint density at radius 3 is 2.00 bits per heavy atom. The predicted molar refractivity (Wildman–Crippen MR) is 116 cm³/mol. The van der Waals surface area contributed by atoms with Crippen molar-refractivity contribution in [1.82, 2.24) is 0 Å². The largest absolute Gasteiger partial charge is 0.508 e. The molecule has 1 atom stereocenters. The summed E-state index contributed by atoms with van der Waals surface area (Å²) in [4.78, 5) is 0. The summed E-state index contributed by atoms with van der Waals surface area (Å²) in [6.07, 6.45) is 8.27. The average molecular weight is 373 g/mol. The fourth-order valence-corrected chi connectivity index (χ4v) is 3.57. The van der Waals surface area contributed by atoms with E-state index in [4.69, 9.17) is 0 Å². The number of benzene rings is 3. The SMILES string of the molecule is CCCCC[C]C(C)c1cccc(-c2ccc(O)cc2)c1-c1ccc(O)cc1. The van der Waals surface area contributed by atoms with Crippen LogP contribution in [0, 0.1) is 6.42 Å². The van der Waals surface area contributed by atoms with Crippen LogP contribution in [0.25, 0.3) is 22.3 Å². The van der Waals surface area contributed by atoms with Crippen LogP contribution in [0.5, 0.6) is 11.5 Å². The molecule has 0 aromatic heterocycles. The van der Waals surface area contributed by atoms with Crippen molar-refractivity contribution in [2.24, 2.45) is 0 Å². The van der Waals surface area contributed by atoms with Gasteiger partial charge in [-0.25, -0.2) is 0 Å². The normalized spacial score (nSPS) is 12.1. The van der Waals surface area contributed by atoms with Crippen LogP contribution in [0.4, 0.5) is 0 Å². The van der Waals surface area contributed by atoms with Crippen LogP contribution in [0.1, 0.15) is 51.0 Å². The van der Waals surface area contributed by atoms with Crippen LogP contribution in [-0.4, -0.2) is 10.2 Å². The quantitative estimate of drug-likeness (QED) is 0.411. The lowest BCUT2D eigenvalue weighted by atomic mass is 9.84. The maximum Gasteiger partial charge on any atom is 0.115 e. The molecule has 3 aromatic carbocycles. The zero-order valence-electron chi connectivity index (χ0n) is 16.7. The molecule has 1 unspecified atom stereocenters. The number of rotatable bonds is 8. The van der Waals surface area contributed by atoms with Gasteiger partial charge in [0.2, 0.25) is 0 Å². The second kappa shape index (κ2) is 9.45. The Morgan fingerprint density at radius 2 is 1.39 bits per heavy atom. The Hall–Kier alpha value is -2.74. The molecule has 0 aliphatic carbocycles. The van der Waals surface area contributed by atoms with E-state index in [1.54, 1.807) is 24.3 Å². The molecule has 28 heavy (non-hydrogen) atoms. The highest BCUT2D eigenvalue weighted by atomic mass is 16.3. The molecule has 2 heteroatoms. The van der Waals surface area contributed by atoms with Gasteiger partial charge in [-0.1, -0.05) is 75.6 Å². The molecule has 0 saturated heterocycles. The van der Waals surface area contributed by atoms with Gasteiger partial charge in [0, 0.05) is 0 Å². The topological polar surface area (TPSA) is 40.5 Å². The van der Waals surface area contributed by atoms with Gasteiger partial charge in [0.25, 0.3) is 0 Å². The third-order valence-electron chi connectivity index (χ3n) is 5.13. The van der Waals surface area contributed by atoms with Crippen molar-refractivity contribution in [2.75, 3.05) is 0 Å². The molecular weight excluding hydrogens is 344 g/mol. The molecule has 0 amide bonds. The van der Waals surface area contributed by atoms with Crippen molar-refractivity contribution in [3.8, 4) is 33.8 Å². The number of unbranched alkanes of at least 4 members (excludes halogenated alkanes) is 3. The number of hydrogen-bond acceptors (Lipinski definition) is 2. The van der Waals surface area contributed by atoms with Crippen LogP contribution in [-0.2, 0) is 0 Å². The van der Waals surface area contributed by atoms with E-state index in [0.717, 1.165) is 28.7 Å². The van der Waals surface area contributed by atoms with E-state index in [1.807, 2.05) is 24.3 Å². The van der Waals surface area contributed by atoms with Crippen LogP contribution < -0.4 is 0 Å². The van der Waals surface area contributed by atoms with E-state index in [9.17, 15) is 10.2 Å². The highest BCUT2D eigenvalue weighted by Crippen LogP contribution is 2.40. The zero-order valence-corrected chi connectivity index (χ0v) is 16.7. The van der Waals surface area contributed by atoms with E-state index in [1.165, 1.54) is 24.8 Å². The second-order valence-electron chi connectivity index (χ2n) is 7.25. The molecule has 2 N–H and O–H groups in total. The summed E-state index contributed by atoms with van der Waals surface area (Å²) in [5.74, 6) is 0.730. The molecule has 0 spiro atoms. The lowest BCUT2D eigenvalue weighted by molar-refractivity contribution is 0.475. The van der Waals surface area contributed by atoms with E-state index < -0.39 is 0 Å². The minimum atomic E-state index is 0.206. The maximum absolute atomic E-state index is 9.73. The predicted octanol–water partition coefficient (Wildman–Crippen LogP) is 7.20. The Balaban J connectivity index is 2.04. The Labute approximate surface area is 168 Å². The number of aromatic hydroxyl groups is 2. The van der Waals surface area contributed by atoms with Crippen LogP contribution in [0.15, 0.2) is 66.7 Å². The summed E-state index contributed by atoms with van der Waals surface area (Å²) in [5.41, 5.74) is 5.63. The molecule has 0 aliphatic heterocycles. The van der Waals surface area contributed by atoms with Gasteiger partial charge in [-0.3, -0.25) is 0 Å². The summed E-state index contributed by atoms with van der Waals surface area (Å²) in [6.45, 7) is 4.42. The van der Waals surface area contributed by atoms with Crippen molar-refractivity contribution in [3.63, 3.8) is 0 Å². The minimum absolute atomic E-state index is 0.206. The Bertz CT molecular complexity index is 879. The van der Waals surface area contributed by atoms with E-state index >= 15 is 0 Å². The summed E-state index contributed by atoms with van der Waals surface area (Å²) < 4.78 is 0. The highest BCUT2D eigenvalue weighted by Gasteiger charge is 2.17. The summed E-state index contributed by atoms with van der Waals surface area (Å²) in [6, 6.07) is 21.1. The first-order valence-corrected chi connectivity index (χ1v) is 10.0. The summed E-state index contributed by atoms with van der Waals surface area (Å²) in [5, 5.41) is 19.4. The maximum atomic E-state index is 9.73. The lowest BCUT2D eigenvalue weighted by Crippen LogP contribution is -2.00. The lowest BCUT2D eigenvalue weighted by Gasteiger charge is -2.20. The smallest absolute Gasteiger partial charge is 0.115 e. The Kier molecular flexibility index (Phi) is 6.76.